The van der Waals surface area contributed by atoms with Gasteiger partial charge in [-0.2, -0.15) is 11.8 Å². The Morgan fingerprint density at radius 2 is 1.12 bits per heavy atom. The zero-order valence-corrected chi connectivity index (χ0v) is 12.5. The van der Waals surface area contributed by atoms with E-state index in [0.29, 0.717) is 0 Å². The van der Waals surface area contributed by atoms with E-state index in [9.17, 15) is 5.11 Å². The number of hydrogen-bond acceptors (Lipinski definition) is 1. The summed E-state index contributed by atoms with van der Waals surface area (Å²) in [4.78, 5) is 0. The molecule has 0 spiro atoms. The van der Waals surface area contributed by atoms with Crippen LogP contribution in [-0.4, -0.2) is 18.1 Å². The van der Waals surface area contributed by atoms with Crippen LogP contribution in [0.3, 0.4) is 0 Å². The third kappa shape index (κ3) is 16.3. The summed E-state index contributed by atoms with van der Waals surface area (Å²) in [6, 6.07) is 0. The fraction of sp³-hybridized carbons (Fsp3) is 1.00. The highest BCUT2D eigenvalue weighted by Crippen LogP contribution is 2.12. The van der Waals surface area contributed by atoms with Crippen LogP contribution in [0.25, 0.3) is 0 Å². The van der Waals surface area contributed by atoms with E-state index in [0.717, 1.165) is 12.2 Å². The van der Waals surface area contributed by atoms with Crippen molar-refractivity contribution >= 4 is 11.8 Å². The summed E-state index contributed by atoms with van der Waals surface area (Å²) in [5.41, 5.74) is 0. The molecule has 0 N–H and O–H groups in total. The van der Waals surface area contributed by atoms with Crippen LogP contribution in [0, 0.1) is 0 Å². The van der Waals surface area contributed by atoms with Crippen molar-refractivity contribution in [2.24, 2.45) is 0 Å². The topological polar surface area (TPSA) is 19.9 Å². The van der Waals surface area contributed by atoms with Gasteiger partial charge in [0, 0.05) is 0 Å². The van der Waals surface area contributed by atoms with Crippen molar-refractivity contribution in [1.82, 2.24) is 0 Å². The van der Waals surface area contributed by atoms with Gasteiger partial charge in [0.2, 0.25) is 0 Å². The lowest BCUT2D eigenvalue weighted by atomic mass is 10.1. The first kappa shape index (κ1) is 17.3. The van der Waals surface area contributed by atoms with Crippen molar-refractivity contribution in [2.45, 2.75) is 77.6 Å². The predicted octanol–water partition coefficient (Wildman–Crippen LogP) is 5.46. The summed E-state index contributed by atoms with van der Waals surface area (Å²) in [7, 11) is 0. The lowest BCUT2D eigenvalue weighted by Crippen LogP contribution is -1.87. The molecule has 0 atom stereocenters. The predicted molar refractivity (Wildman–Crippen MR) is 79.3 cm³/mol. The summed E-state index contributed by atoms with van der Waals surface area (Å²) in [6.45, 7) is 2.38. The molecule has 0 saturated carbocycles. The van der Waals surface area contributed by atoms with Crippen LogP contribution in [0.2, 0.25) is 0 Å². The molecule has 1 nitrogen and oxygen atoms in total. The Hall–Kier alpha value is 0.310. The fourth-order valence-electron chi connectivity index (χ4n) is 1.95. The monoisotopic (exact) mass is 259 g/mol. The fourth-order valence-corrected chi connectivity index (χ4v) is 2.89. The Balaban J connectivity index is 2.85. The first-order chi connectivity index (χ1) is 8.41. The van der Waals surface area contributed by atoms with Gasteiger partial charge in [0.1, 0.15) is 0 Å². The molecular weight excluding hydrogens is 228 g/mol. The van der Waals surface area contributed by atoms with E-state index in [-0.39, 0.29) is 6.61 Å². The van der Waals surface area contributed by atoms with Gasteiger partial charge in [-0.05, 0) is 24.3 Å². The van der Waals surface area contributed by atoms with Gasteiger partial charge in [-0.15, -0.1) is 0 Å². The zero-order chi connectivity index (χ0) is 12.6. The van der Waals surface area contributed by atoms with Crippen LogP contribution in [0.1, 0.15) is 77.6 Å². The van der Waals surface area contributed by atoms with Crippen LogP contribution in [0.4, 0.5) is 0 Å². The van der Waals surface area contributed by atoms with Gasteiger partial charge in [0.05, 0.1) is 6.61 Å². The quantitative estimate of drug-likeness (QED) is 0.379. The van der Waals surface area contributed by atoms with E-state index in [2.05, 4.69) is 6.92 Å². The van der Waals surface area contributed by atoms with Gasteiger partial charge in [-0.25, -0.2) is 5.11 Å². The second-order valence-electron chi connectivity index (χ2n) is 4.85. The average molecular weight is 259 g/mol. The third-order valence-electron chi connectivity index (χ3n) is 3.08. The van der Waals surface area contributed by atoms with Gasteiger partial charge < -0.3 is 0 Å². The lowest BCUT2D eigenvalue weighted by Gasteiger charge is -2.02. The minimum atomic E-state index is 0.102. The molecule has 0 saturated heterocycles. The normalized spacial score (nSPS) is 10.9. The zero-order valence-electron chi connectivity index (χ0n) is 11.7. The van der Waals surface area contributed by atoms with Gasteiger partial charge in [0.15, 0.2) is 0 Å². The summed E-state index contributed by atoms with van der Waals surface area (Å²) >= 11 is 1.96. The third-order valence-corrected chi connectivity index (χ3v) is 4.23. The van der Waals surface area contributed by atoms with E-state index in [4.69, 9.17) is 0 Å². The minimum absolute atomic E-state index is 0.102. The lowest BCUT2D eigenvalue weighted by molar-refractivity contribution is 0.194. The summed E-state index contributed by atoms with van der Waals surface area (Å²) in [5, 5.41) is 10.2. The van der Waals surface area contributed by atoms with Crippen molar-refractivity contribution < 1.29 is 5.11 Å². The molecule has 103 valence electrons. The Kier molecular flexibility index (Phi) is 16.6. The van der Waals surface area contributed by atoms with Crippen molar-refractivity contribution in [3.8, 4) is 0 Å². The largest absolute Gasteiger partial charge is 0.237 e. The van der Waals surface area contributed by atoms with Crippen LogP contribution in [0.15, 0.2) is 0 Å². The highest BCUT2D eigenvalue weighted by Gasteiger charge is 1.93. The first-order valence-corrected chi connectivity index (χ1v) is 8.73. The van der Waals surface area contributed by atoms with Crippen LogP contribution in [0.5, 0.6) is 0 Å². The molecule has 0 aliphatic carbocycles. The highest BCUT2D eigenvalue weighted by atomic mass is 32.2. The smallest absolute Gasteiger partial charge is 0.0830 e. The molecule has 0 aliphatic rings. The Bertz CT molecular complexity index is 114. The summed E-state index contributed by atoms with van der Waals surface area (Å²) < 4.78 is 0. The molecule has 0 aliphatic heterocycles. The molecule has 0 aromatic rings. The second kappa shape index (κ2) is 16.3. The van der Waals surface area contributed by atoms with Crippen LogP contribution < -0.4 is 0 Å². The Morgan fingerprint density at radius 3 is 1.65 bits per heavy atom. The van der Waals surface area contributed by atoms with E-state index in [1.807, 2.05) is 11.8 Å². The maximum atomic E-state index is 10.2. The van der Waals surface area contributed by atoms with E-state index in [1.165, 1.54) is 70.0 Å². The molecule has 0 amide bonds. The van der Waals surface area contributed by atoms with Crippen molar-refractivity contribution in [3.63, 3.8) is 0 Å². The maximum absolute atomic E-state index is 10.2. The Labute approximate surface area is 113 Å². The van der Waals surface area contributed by atoms with Crippen LogP contribution in [-0.2, 0) is 5.11 Å². The van der Waals surface area contributed by atoms with Crippen molar-refractivity contribution in [1.29, 1.82) is 0 Å². The number of hydrogen-bond donors (Lipinski definition) is 0. The number of unbranched alkanes of at least 4 members (excludes halogenated alkanes) is 9. The van der Waals surface area contributed by atoms with Gasteiger partial charge >= 0.3 is 0 Å². The standard InChI is InChI=1S/C15H31OS/c1-2-3-4-5-6-7-8-9-10-11-14-17-15-12-13-16/h2-15H2,1H3. The molecular formula is C15H31OS. The summed E-state index contributed by atoms with van der Waals surface area (Å²) in [6.07, 6.45) is 15.0. The van der Waals surface area contributed by atoms with Gasteiger partial charge in [0.25, 0.3) is 0 Å². The molecule has 1 radical (unpaired) electrons. The number of thioether (sulfide) groups is 1. The molecule has 2 heteroatoms. The first-order valence-electron chi connectivity index (χ1n) is 7.57. The minimum Gasteiger partial charge on any atom is -0.237 e. The molecule has 0 rings (SSSR count). The highest BCUT2D eigenvalue weighted by molar-refractivity contribution is 7.99. The molecule has 17 heavy (non-hydrogen) atoms. The summed E-state index contributed by atoms with van der Waals surface area (Å²) in [5.74, 6) is 2.33. The molecule has 0 aromatic heterocycles. The van der Waals surface area contributed by atoms with Crippen molar-refractivity contribution in [3.05, 3.63) is 0 Å². The number of rotatable bonds is 14. The van der Waals surface area contributed by atoms with Crippen molar-refractivity contribution in [2.75, 3.05) is 18.1 Å². The van der Waals surface area contributed by atoms with E-state index >= 15 is 0 Å². The molecule has 0 heterocycles. The molecule has 0 aromatic carbocycles. The average Bonchev–Trinajstić information content (AvgIpc) is 2.35. The maximum Gasteiger partial charge on any atom is 0.0830 e. The molecule has 0 unspecified atom stereocenters. The van der Waals surface area contributed by atoms with E-state index in [1.54, 1.807) is 0 Å². The van der Waals surface area contributed by atoms with Crippen LogP contribution >= 0.6 is 11.8 Å². The van der Waals surface area contributed by atoms with Gasteiger partial charge in [-0.3, -0.25) is 0 Å². The Morgan fingerprint density at radius 1 is 0.647 bits per heavy atom. The van der Waals surface area contributed by atoms with E-state index < -0.39 is 0 Å². The van der Waals surface area contributed by atoms with Gasteiger partial charge in [-0.1, -0.05) is 64.7 Å². The second-order valence-corrected chi connectivity index (χ2v) is 6.08. The SMILES string of the molecule is CCCCCCCCCCCCSCCC[O]. The molecule has 0 fully saturated rings. The molecule has 0 bridgehead atoms.